The van der Waals surface area contributed by atoms with E-state index < -0.39 is 10.0 Å². The third-order valence-corrected chi connectivity index (χ3v) is 3.82. The van der Waals surface area contributed by atoms with Gasteiger partial charge in [0.05, 0.1) is 20.0 Å². The Hall–Kier alpha value is -1.31. The maximum Gasteiger partial charge on any atom is 0.209 e. The Morgan fingerprint density at radius 3 is 2.45 bits per heavy atom. The first-order chi connectivity index (χ1) is 9.37. The van der Waals surface area contributed by atoms with Crippen LogP contribution in [0.5, 0.6) is 11.5 Å². The van der Waals surface area contributed by atoms with E-state index in [2.05, 4.69) is 5.32 Å². The molecule has 114 valence electrons. The molecule has 3 N–H and O–H groups in total. The summed E-state index contributed by atoms with van der Waals surface area (Å²) in [5, 5.41) is 8.19. The Labute approximate surface area is 120 Å². The monoisotopic (exact) mass is 302 g/mol. The second-order valence-corrected chi connectivity index (χ2v) is 6.24. The number of primary sulfonamides is 1. The van der Waals surface area contributed by atoms with Gasteiger partial charge in [0.25, 0.3) is 0 Å². The molecule has 0 spiro atoms. The maximum absolute atomic E-state index is 10.8. The fourth-order valence-electron chi connectivity index (χ4n) is 1.83. The Kier molecular flexibility index (Phi) is 6.25. The zero-order chi connectivity index (χ0) is 15.2. The number of ether oxygens (including phenoxy) is 2. The second-order valence-electron chi connectivity index (χ2n) is 4.51. The summed E-state index contributed by atoms with van der Waals surface area (Å²) in [6.07, 6.45) is 0.483. The first-order valence-electron chi connectivity index (χ1n) is 6.33. The summed E-state index contributed by atoms with van der Waals surface area (Å²) in [6.45, 7) is 2.57. The summed E-state index contributed by atoms with van der Waals surface area (Å²) >= 11 is 0. The fourth-order valence-corrected chi connectivity index (χ4v) is 2.38. The molecule has 0 fully saturated rings. The van der Waals surface area contributed by atoms with E-state index in [1.54, 1.807) is 14.2 Å². The molecular weight excluding hydrogens is 280 g/mol. The lowest BCUT2D eigenvalue weighted by molar-refractivity contribution is 0.354. The molecule has 0 aliphatic carbocycles. The number of rotatable bonds is 8. The van der Waals surface area contributed by atoms with E-state index >= 15 is 0 Å². The number of nitrogens with one attached hydrogen (secondary N) is 1. The van der Waals surface area contributed by atoms with Gasteiger partial charge in [-0.3, -0.25) is 0 Å². The number of nitrogens with two attached hydrogens (primary N) is 1. The minimum absolute atomic E-state index is 0.0152. The van der Waals surface area contributed by atoms with Crippen molar-refractivity contribution in [2.75, 3.05) is 26.5 Å². The lowest BCUT2D eigenvalue weighted by Crippen LogP contribution is -2.24. The van der Waals surface area contributed by atoms with Gasteiger partial charge in [-0.2, -0.15) is 0 Å². The zero-order valence-electron chi connectivity index (χ0n) is 12.0. The van der Waals surface area contributed by atoms with Gasteiger partial charge in [-0.25, -0.2) is 13.6 Å². The highest BCUT2D eigenvalue weighted by Crippen LogP contribution is 2.29. The van der Waals surface area contributed by atoms with Crippen LogP contribution in [0, 0.1) is 0 Å². The summed E-state index contributed by atoms with van der Waals surface area (Å²) in [7, 11) is -0.204. The minimum atomic E-state index is -3.38. The molecule has 0 aromatic heterocycles. The van der Waals surface area contributed by atoms with Gasteiger partial charge in [-0.05, 0) is 37.6 Å². The van der Waals surface area contributed by atoms with Crippen LogP contribution in [-0.2, 0) is 10.0 Å². The van der Waals surface area contributed by atoms with E-state index in [9.17, 15) is 8.42 Å². The lowest BCUT2D eigenvalue weighted by atomic mass is 10.1. The normalized spacial score (nSPS) is 13.0. The van der Waals surface area contributed by atoms with E-state index in [4.69, 9.17) is 14.6 Å². The van der Waals surface area contributed by atoms with Crippen LogP contribution in [0.15, 0.2) is 18.2 Å². The van der Waals surface area contributed by atoms with Crippen LogP contribution in [-0.4, -0.2) is 34.9 Å². The van der Waals surface area contributed by atoms with Crippen molar-refractivity contribution < 1.29 is 17.9 Å². The molecule has 1 aromatic carbocycles. The van der Waals surface area contributed by atoms with Crippen LogP contribution in [0.25, 0.3) is 0 Å². The van der Waals surface area contributed by atoms with Crippen molar-refractivity contribution in [2.24, 2.45) is 5.14 Å². The van der Waals surface area contributed by atoms with Crippen LogP contribution in [0.4, 0.5) is 0 Å². The molecule has 0 saturated heterocycles. The van der Waals surface area contributed by atoms with Gasteiger partial charge in [-0.15, -0.1) is 0 Å². The molecule has 1 atom stereocenters. The molecule has 0 aliphatic rings. The predicted molar refractivity (Wildman–Crippen MR) is 78.6 cm³/mol. The Bertz CT molecular complexity index is 531. The van der Waals surface area contributed by atoms with E-state index in [1.165, 1.54) is 0 Å². The summed E-state index contributed by atoms with van der Waals surface area (Å²) in [4.78, 5) is 0. The van der Waals surface area contributed by atoms with E-state index in [0.29, 0.717) is 24.5 Å². The largest absolute Gasteiger partial charge is 0.493 e. The molecule has 0 heterocycles. The van der Waals surface area contributed by atoms with Crippen LogP contribution in [0.3, 0.4) is 0 Å². The number of hydrogen-bond donors (Lipinski definition) is 2. The molecule has 0 aliphatic heterocycles. The van der Waals surface area contributed by atoms with E-state index in [-0.39, 0.29) is 11.8 Å². The standard InChI is InChI=1S/C13H22N2O4S/c1-10(15-7-4-8-20(14,16)17)11-5-6-12(18-2)13(9-11)19-3/h5-6,9-10,15H,4,7-8H2,1-3H3,(H2,14,16,17). The lowest BCUT2D eigenvalue weighted by Gasteiger charge is -2.16. The predicted octanol–water partition coefficient (Wildman–Crippen LogP) is 1.03. The summed E-state index contributed by atoms with van der Waals surface area (Å²) in [5.41, 5.74) is 1.04. The second kappa shape index (κ2) is 7.47. The number of hydrogen-bond acceptors (Lipinski definition) is 5. The third-order valence-electron chi connectivity index (χ3n) is 2.96. The molecule has 1 unspecified atom stereocenters. The van der Waals surface area contributed by atoms with Crippen LogP contribution in [0.2, 0.25) is 0 Å². The van der Waals surface area contributed by atoms with E-state index in [1.807, 2.05) is 25.1 Å². The van der Waals surface area contributed by atoms with E-state index in [0.717, 1.165) is 5.56 Å². The van der Waals surface area contributed by atoms with Crippen molar-refractivity contribution in [3.63, 3.8) is 0 Å². The van der Waals surface area contributed by atoms with Gasteiger partial charge < -0.3 is 14.8 Å². The fraction of sp³-hybridized carbons (Fsp3) is 0.538. The summed E-state index contributed by atoms with van der Waals surface area (Å²) in [5.74, 6) is 1.33. The molecule has 6 nitrogen and oxygen atoms in total. The highest BCUT2D eigenvalue weighted by atomic mass is 32.2. The van der Waals surface area contributed by atoms with Crippen molar-refractivity contribution in [1.82, 2.24) is 5.32 Å². The van der Waals surface area contributed by atoms with Crippen molar-refractivity contribution in [3.8, 4) is 11.5 Å². The smallest absolute Gasteiger partial charge is 0.209 e. The first-order valence-corrected chi connectivity index (χ1v) is 8.04. The first kappa shape index (κ1) is 16.7. The molecule has 0 saturated carbocycles. The Morgan fingerprint density at radius 2 is 1.90 bits per heavy atom. The Morgan fingerprint density at radius 1 is 1.25 bits per heavy atom. The molecule has 7 heteroatoms. The molecule has 1 aromatic rings. The molecule has 0 radical (unpaired) electrons. The molecular formula is C13H22N2O4S. The van der Waals surface area contributed by atoms with Crippen molar-refractivity contribution >= 4 is 10.0 Å². The Balaban J connectivity index is 2.57. The average molecular weight is 302 g/mol. The van der Waals surface area contributed by atoms with Gasteiger partial charge in [0, 0.05) is 6.04 Å². The number of benzene rings is 1. The highest BCUT2D eigenvalue weighted by Gasteiger charge is 2.10. The minimum Gasteiger partial charge on any atom is -0.493 e. The average Bonchev–Trinajstić information content (AvgIpc) is 2.41. The SMILES string of the molecule is COc1ccc(C(C)NCCCS(N)(=O)=O)cc1OC. The van der Waals surface area contributed by atoms with Gasteiger partial charge in [0.2, 0.25) is 10.0 Å². The number of methoxy groups -OCH3 is 2. The number of sulfonamides is 1. The molecule has 0 bridgehead atoms. The van der Waals surface area contributed by atoms with Crippen molar-refractivity contribution in [1.29, 1.82) is 0 Å². The third kappa shape index (κ3) is 5.36. The van der Waals surface area contributed by atoms with Gasteiger partial charge >= 0.3 is 0 Å². The van der Waals surface area contributed by atoms with Gasteiger partial charge in [0.1, 0.15) is 0 Å². The van der Waals surface area contributed by atoms with Crippen LogP contribution >= 0.6 is 0 Å². The summed E-state index contributed by atoms with van der Waals surface area (Å²) < 4.78 is 32.1. The maximum atomic E-state index is 10.8. The van der Waals surface area contributed by atoms with Crippen molar-refractivity contribution in [2.45, 2.75) is 19.4 Å². The van der Waals surface area contributed by atoms with Gasteiger partial charge in [0.15, 0.2) is 11.5 Å². The topological polar surface area (TPSA) is 90.6 Å². The van der Waals surface area contributed by atoms with Crippen molar-refractivity contribution in [3.05, 3.63) is 23.8 Å². The van der Waals surface area contributed by atoms with Crippen LogP contribution in [0.1, 0.15) is 24.9 Å². The molecule has 1 rings (SSSR count). The summed E-state index contributed by atoms with van der Waals surface area (Å²) in [6, 6.07) is 5.77. The molecule has 0 amide bonds. The van der Waals surface area contributed by atoms with Gasteiger partial charge in [-0.1, -0.05) is 6.07 Å². The molecule has 20 heavy (non-hydrogen) atoms. The highest BCUT2D eigenvalue weighted by molar-refractivity contribution is 7.89. The van der Waals surface area contributed by atoms with Crippen LogP contribution < -0.4 is 19.9 Å². The quantitative estimate of drug-likeness (QED) is 0.700. The zero-order valence-corrected chi connectivity index (χ0v) is 12.9.